The van der Waals surface area contributed by atoms with Crippen LogP contribution in [-0.4, -0.2) is 0 Å². The summed E-state index contributed by atoms with van der Waals surface area (Å²) in [7, 11) is 0. The molecule has 0 radical (unpaired) electrons. The van der Waals surface area contributed by atoms with E-state index in [1.165, 1.54) is 42.7 Å². The molecular weight excluding hydrogens is 366 g/mol. The van der Waals surface area contributed by atoms with Crippen LogP contribution in [0.5, 0.6) is 5.75 Å². The third-order valence-electron chi connectivity index (χ3n) is 6.09. The van der Waals surface area contributed by atoms with Gasteiger partial charge in [0.05, 0.1) is 6.26 Å². The van der Waals surface area contributed by atoms with Crippen LogP contribution in [-0.2, 0) is 6.42 Å². The molecule has 0 saturated heterocycles. The molecule has 0 amide bonds. The van der Waals surface area contributed by atoms with E-state index in [2.05, 4.69) is 31.2 Å². The highest BCUT2D eigenvalue weighted by atomic mass is 19.2. The van der Waals surface area contributed by atoms with Gasteiger partial charge in [0.1, 0.15) is 0 Å². The van der Waals surface area contributed by atoms with Crippen LogP contribution in [0.2, 0.25) is 0 Å². The predicted octanol–water partition coefficient (Wildman–Crippen LogP) is 8.05. The van der Waals surface area contributed by atoms with Gasteiger partial charge in [0.25, 0.3) is 0 Å². The molecule has 29 heavy (non-hydrogen) atoms. The van der Waals surface area contributed by atoms with Crippen molar-refractivity contribution < 1.29 is 13.5 Å². The summed E-state index contributed by atoms with van der Waals surface area (Å²) in [6, 6.07) is 12.3. The third-order valence-corrected chi connectivity index (χ3v) is 6.09. The maximum atomic E-state index is 14.6. The second kappa shape index (κ2) is 10.6. The summed E-state index contributed by atoms with van der Waals surface area (Å²) in [5.41, 5.74) is 3.28. The molecule has 1 aliphatic carbocycles. The van der Waals surface area contributed by atoms with E-state index < -0.39 is 11.6 Å². The molecule has 0 atom stereocenters. The Morgan fingerprint density at radius 3 is 2.24 bits per heavy atom. The van der Waals surface area contributed by atoms with Crippen molar-refractivity contribution in [2.24, 2.45) is 0 Å². The maximum absolute atomic E-state index is 14.6. The topological polar surface area (TPSA) is 9.23 Å². The molecule has 0 aliphatic heterocycles. The van der Waals surface area contributed by atoms with Gasteiger partial charge in [0.15, 0.2) is 11.6 Å². The van der Waals surface area contributed by atoms with Crippen LogP contribution in [0.1, 0.15) is 87.3 Å². The van der Waals surface area contributed by atoms with Crippen molar-refractivity contribution in [3.05, 3.63) is 77.1 Å². The van der Waals surface area contributed by atoms with Gasteiger partial charge in [-0.15, -0.1) is 0 Å². The van der Waals surface area contributed by atoms with Crippen LogP contribution in [0.25, 0.3) is 0 Å². The molecule has 0 bridgehead atoms. The molecule has 1 fully saturated rings. The second-order valence-corrected chi connectivity index (χ2v) is 8.12. The van der Waals surface area contributed by atoms with Gasteiger partial charge in [-0.2, -0.15) is 4.39 Å². The molecule has 0 N–H and O–H groups in total. The molecular formula is C26H32F2O. The van der Waals surface area contributed by atoms with Crippen LogP contribution < -0.4 is 4.74 Å². The first-order valence-corrected chi connectivity index (χ1v) is 11.0. The summed E-state index contributed by atoms with van der Waals surface area (Å²) in [6.07, 6.45) is 11.7. The Morgan fingerprint density at radius 1 is 0.897 bits per heavy atom. The summed E-state index contributed by atoms with van der Waals surface area (Å²) >= 11 is 0. The van der Waals surface area contributed by atoms with Gasteiger partial charge >= 0.3 is 0 Å². The third kappa shape index (κ3) is 5.46. The number of hydrogen-bond acceptors (Lipinski definition) is 1. The Morgan fingerprint density at radius 2 is 1.59 bits per heavy atom. The molecule has 0 unspecified atom stereocenters. The van der Waals surface area contributed by atoms with E-state index in [1.54, 1.807) is 19.1 Å². The van der Waals surface area contributed by atoms with Gasteiger partial charge in [-0.05, 0) is 80.0 Å². The Balaban J connectivity index is 1.60. The van der Waals surface area contributed by atoms with E-state index in [-0.39, 0.29) is 11.7 Å². The summed E-state index contributed by atoms with van der Waals surface area (Å²) < 4.78 is 34.0. The fourth-order valence-corrected chi connectivity index (χ4v) is 4.37. The van der Waals surface area contributed by atoms with Gasteiger partial charge in [0.2, 0.25) is 5.82 Å². The average molecular weight is 399 g/mol. The van der Waals surface area contributed by atoms with Crippen molar-refractivity contribution in [3.8, 4) is 5.75 Å². The first-order chi connectivity index (χ1) is 14.1. The molecule has 1 aliphatic rings. The Hall–Kier alpha value is -2.16. The number of halogens is 2. The van der Waals surface area contributed by atoms with Gasteiger partial charge in [-0.25, -0.2) is 4.39 Å². The highest BCUT2D eigenvalue weighted by molar-refractivity contribution is 5.34. The first kappa shape index (κ1) is 21.5. The lowest BCUT2D eigenvalue weighted by Gasteiger charge is -2.29. The molecule has 2 aromatic rings. The number of rotatable bonds is 8. The number of ether oxygens (including phenoxy) is 1. The molecule has 2 aromatic carbocycles. The van der Waals surface area contributed by atoms with E-state index in [0.29, 0.717) is 11.5 Å². The molecule has 0 heterocycles. The largest absolute Gasteiger partial charge is 0.462 e. The number of unbranched alkanes of at least 4 members (excludes halogenated alkanes) is 2. The van der Waals surface area contributed by atoms with Gasteiger partial charge in [0, 0.05) is 0 Å². The normalized spacial score (nSPS) is 19.6. The predicted molar refractivity (Wildman–Crippen MR) is 115 cm³/mol. The van der Waals surface area contributed by atoms with E-state index in [4.69, 9.17) is 4.74 Å². The minimum Gasteiger partial charge on any atom is -0.462 e. The van der Waals surface area contributed by atoms with Crippen molar-refractivity contribution in [1.82, 2.24) is 0 Å². The van der Waals surface area contributed by atoms with Crippen molar-refractivity contribution in [3.63, 3.8) is 0 Å². The van der Waals surface area contributed by atoms with Crippen molar-refractivity contribution in [1.29, 1.82) is 0 Å². The van der Waals surface area contributed by atoms with Crippen molar-refractivity contribution in [2.75, 3.05) is 0 Å². The number of benzene rings is 2. The molecule has 0 spiro atoms. The van der Waals surface area contributed by atoms with Crippen LogP contribution in [0.15, 0.2) is 48.7 Å². The lowest BCUT2D eigenvalue weighted by atomic mass is 9.76. The monoisotopic (exact) mass is 398 g/mol. The smallest absolute Gasteiger partial charge is 0.201 e. The number of allylic oxidation sites excluding steroid dienone is 1. The summed E-state index contributed by atoms with van der Waals surface area (Å²) in [5, 5.41) is 0. The van der Waals surface area contributed by atoms with Crippen LogP contribution in [0, 0.1) is 11.6 Å². The van der Waals surface area contributed by atoms with Crippen LogP contribution in [0.3, 0.4) is 0 Å². The highest BCUT2D eigenvalue weighted by Gasteiger charge is 2.27. The fourth-order valence-electron chi connectivity index (χ4n) is 4.37. The van der Waals surface area contributed by atoms with Gasteiger partial charge in [-0.1, -0.05) is 56.2 Å². The SMILES string of the molecule is C/C=C/Oc1ccc(C2CCC(c3ccc(CCCCC)cc3)CC2)c(F)c1F. The standard InChI is InChI=1S/C26H32F2O/c1-3-5-6-7-19-8-10-20(11-9-19)21-12-14-22(15-13-21)23-16-17-24(29-18-4-2)26(28)25(23)27/h4,8-11,16-18,21-22H,3,5-7,12-15H2,1-2H3/b18-4+. The lowest BCUT2D eigenvalue weighted by Crippen LogP contribution is -2.14. The number of aryl methyl sites for hydroxylation is 1. The molecule has 1 nitrogen and oxygen atoms in total. The molecule has 0 aromatic heterocycles. The van der Waals surface area contributed by atoms with Crippen LogP contribution >= 0.6 is 0 Å². The maximum Gasteiger partial charge on any atom is 0.201 e. The Kier molecular flexibility index (Phi) is 7.85. The minimum absolute atomic E-state index is 0.0583. The van der Waals surface area contributed by atoms with Gasteiger partial charge in [-0.3, -0.25) is 0 Å². The quantitative estimate of drug-likeness (QED) is 0.323. The summed E-state index contributed by atoms with van der Waals surface area (Å²) in [5.74, 6) is -1.11. The molecule has 3 heteroatoms. The minimum atomic E-state index is -0.888. The molecule has 1 saturated carbocycles. The van der Waals surface area contributed by atoms with E-state index >= 15 is 0 Å². The zero-order valence-corrected chi connectivity index (χ0v) is 17.6. The fraction of sp³-hybridized carbons (Fsp3) is 0.462. The van der Waals surface area contributed by atoms with E-state index in [1.807, 2.05) is 0 Å². The van der Waals surface area contributed by atoms with Crippen molar-refractivity contribution >= 4 is 0 Å². The Labute approximate surface area is 173 Å². The Bertz CT molecular complexity index is 802. The number of hydrogen-bond donors (Lipinski definition) is 0. The van der Waals surface area contributed by atoms with E-state index in [9.17, 15) is 8.78 Å². The first-order valence-electron chi connectivity index (χ1n) is 11.0. The lowest BCUT2D eigenvalue weighted by molar-refractivity contribution is 0.372. The summed E-state index contributed by atoms with van der Waals surface area (Å²) in [6.45, 7) is 3.99. The summed E-state index contributed by atoms with van der Waals surface area (Å²) in [4.78, 5) is 0. The zero-order valence-electron chi connectivity index (χ0n) is 17.6. The zero-order chi connectivity index (χ0) is 20.6. The van der Waals surface area contributed by atoms with E-state index in [0.717, 1.165) is 32.1 Å². The van der Waals surface area contributed by atoms with Gasteiger partial charge < -0.3 is 4.74 Å². The van der Waals surface area contributed by atoms with Crippen LogP contribution in [0.4, 0.5) is 8.78 Å². The second-order valence-electron chi connectivity index (χ2n) is 8.12. The molecule has 3 rings (SSSR count). The van der Waals surface area contributed by atoms with Crippen molar-refractivity contribution in [2.45, 2.75) is 77.0 Å². The average Bonchev–Trinajstić information content (AvgIpc) is 2.76. The highest BCUT2D eigenvalue weighted by Crippen LogP contribution is 2.42. The molecule has 156 valence electrons.